The second-order valence-electron chi connectivity index (χ2n) is 15.9. The predicted molar refractivity (Wildman–Crippen MR) is 205 cm³/mol. The molecule has 284 valence electrons. The summed E-state index contributed by atoms with van der Waals surface area (Å²) in [5.74, 6) is 2.15. The fourth-order valence-corrected chi connectivity index (χ4v) is 8.31. The average molecular weight is 705 g/mol. The lowest BCUT2D eigenvalue weighted by molar-refractivity contribution is -0.257. The van der Waals surface area contributed by atoms with E-state index in [2.05, 4.69) is 39.8 Å². The predicted octanol–water partition coefficient (Wildman–Crippen LogP) is 12.1. The van der Waals surface area contributed by atoms with Crippen molar-refractivity contribution < 1.29 is 28.5 Å². The molecule has 2 heterocycles. The van der Waals surface area contributed by atoms with Gasteiger partial charge in [0.05, 0.1) is 31.0 Å². The van der Waals surface area contributed by atoms with Crippen molar-refractivity contribution >= 4 is 5.97 Å². The Morgan fingerprint density at radius 3 is 1.73 bits per heavy atom. The minimum Gasteiger partial charge on any atom is -0.423 e. The van der Waals surface area contributed by atoms with Crippen molar-refractivity contribution in [2.75, 3.05) is 13.2 Å². The number of hydrogen-bond acceptors (Lipinski definition) is 6. The molecule has 0 aromatic heterocycles. The van der Waals surface area contributed by atoms with E-state index in [0.717, 1.165) is 44.3 Å². The molecule has 0 N–H and O–H groups in total. The van der Waals surface area contributed by atoms with Crippen LogP contribution < -0.4 is 4.74 Å². The summed E-state index contributed by atoms with van der Waals surface area (Å²) in [6.07, 6.45) is 22.7. The van der Waals surface area contributed by atoms with Gasteiger partial charge in [0.1, 0.15) is 5.75 Å². The Hall–Kier alpha value is -2.25. The van der Waals surface area contributed by atoms with Crippen LogP contribution in [0.15, 0.2) is 48.5 Å². The second-order valence-corrected chi connectivity index (χ2v) is 15.9. The number of unbranched alkanes of at least 4 members (excludes halogenated alkanes) is 10. The molecule has 0 spiro atoms. The Morgan fingerprint density at radius 2 is 1.16 bits per heavy atom. The van der Waals surface area contributed by atoms with E-state index < -0.39 is 6.29 Å². The number of hydrogen-bond donors (Lipinski definition) is 0. The molecule has 6 atom stereocenters. The zero-order valence-corrected chi connectivity index (χ0v) is 32.3. The molecule has 0 radical (unpaired) electrons. The van der Waals surface area contributed by atoms with Crippen LogP contribution >= 0.6 is 0 Å². The van der Waals surface area contributed by atoms with Crippen LogP contribution in [0.25, 0.3) is 0 Å². The first-order valence-electron chi connectivity index (χ1n) is 20.9. The van der Waals surface area contributed by atoms with Crippen LogP contribution in [0.1, 0.15) is 177 Å². The highest BCUT2D eigenvalue weighted by atomic mass is 16.7. The van der Waals surface area contributed by atoms with Gasteiger partial charge in [0.25, 0.3) is 0 Å². The molecular formula is C45H68O6. The van der Waals surface area contributed by atoms with E-state index >= 15 is 0 Å². The normalized spacial score (nSPS) is 28.4. The number of rotatable bonds is 19. The standard InChI is InChI=1S/C45H68O6/c1-5-7-9-11-13-15-17-40-31-47-44(49-33(40)3)38-23-19-35(20-24-38)36-27-29-42(30-28-36)51-43(46)37-21-25-39(26-22-37)45-48-32-41(34(4)50-45)18-16-14-12-10-8-6-2/h21-22,25-30,33-35,38,40-41,44-45H,5-20,23-24,31-32H2,1-4H3/t33?,34?,35?,38?,40-,41-,44-,45-/m1/s1. The van der Waals surface area contributed by atoms with Crippen LogP contribution in [-0.2, 0) is 18.9 Å². The summed E-state index contributed by atoms with van der Waals surface area (Å²) in [5, 5.41) is 0. The average Bonchev–Trinajstić information content (AvgIpc) is 3.16. The summed E-state index contributed by atoms with van der Waals surface area (Å²) >= 11 is 0. The Labute approximate surface area is 309 Å². The fourth-order valence-electron chi connectivity index (χ4n) is 8.31. The summed E-state index contributed by atoms with van der Waals surface area (Å²) in [6, 6.07) is 15.6. The van der Waals surface area contributed by atoms with Crippen molar-refractivity contribution in [1.29, 1.82) is 0 Å². The molecule has 5 rings (SSSR count). The van der Waals surface area contributed by atoms with Gasteiger partial charge in [-0.1, -0.05) is 115 Å². The van der Waals surface area contributed by atoms with Crippen LogP contribution in [0.3, 0.4) is 0 Å². The Morgan fingerprint density at radius 1 is 0.627 bits per heavy atom. The molecule has 0 amide bonds. The van der Waals surface area contributed by atoms with Crippen molar-refractivity contribution in [1.82, 2.24) is 0 Å². The molecule has 2 aliphatic heterocycles. The van der Waals surface area contributed by atoms with E-state index in [4.69, 9.17) is 23.7 Å². The van der Waals surface area contributed by atoms with E-state index in [1.807, 2.05) is 24.3 Å². The van der Waals surface area contributed by atoms with E-state index in [1.165, 1.54) is 89.0 Å². The monoisotopic (exact) mass is 705 g/mol. The van der Waals surface area contributed by atoms with Gasteiger partial charge < -0.3 is 23.7 Å². The van der Waals surface area contributed by atoms with Gasteiger partial charge in [-0.2, -0.15) is 0 Å². The van der Waals surface area contributed by atoms with Crippen molar-refractivity contribution in [3.8, 4) is 5.75 Å². The molecule has 51 heavy (non-hydrogen) atoms. The smallest absolute Gasteiger partial charge is 0.343 e. The minimum atomic E-state index is -0.396. The van der Waals surface area contributed by atoms with E-state index in [1.54, 1.807) is 12.1 Å². The van der Waals surface area contributed by atoms with Crippen LogP contribution in [0.2, 0.25) is 0 Å². The first-order valence-corrected chi connectivity index (χ1v) is 20.9. The zero-order chi connectivity index (χ0) is 35.8. The number of carbonyl (C=O) groups is 1. The number of ether oxygens (including phenoxy) is 5. The maximum absolute atomic E-state index is 13.0. The highest BCUT2D eigenvalue weighted by Gasteiger charge is 2.36. The first-order chi connectivity index (χ1) is 24.9. The molecule has 2 unspecified atom stereocenters. The van der Waals surface area contributed by atoms with E-state index in [-0.39, 0.29) is 24.5 Å². The summed E-state index contributed by atoms with van der Waals surface area (Å²) in [5.41, 5.74) is 2.76. The number of carbonyl (C=O) groups excluding carboxylic acids is 1. The molecule has 6 heteroatoms. The van der Waals surface area contributed by atoms with Gasteiger partial charge in [-0.3, -0.25) is 0 Å². The molecule has 6 nitrogen and oxygen atoms in total. The molecule has 2 saturated heterocycles. The Balaban J connectivity index is 0.994. The molecule has 1 aliphatic carbocycles. The van der Waals surface area contributed by atoms with Gasteiger partial charge in [0.15, 0.2) is 12.6 Å². The summed E-state index contributed by atoms with van der Waals surface area (Å²) in [7, 11) is 0. The van der Waals surface area contributed by atoms with Gasteiger partial charge in [-0.15, -0.1) is 0 Å². The van der Waals surface area contributed by atoms with Gasteiger partial charge in [0, 0.05) is 23.3 Å². The van der Waals surface area contributed by atoms with E-state index in [0.29, 0.717) is 41.6 Å². The quantitative estimate of drug-likeness (QED) is 0.0824. The lowest BCUT2D eigenvalue weighted by Gasteiger charge is -2.40. The largest absolute Gasteiger partial charge is 0.423 e. The summed E-state index contributed by atoms with van der Waals surface area (Å²) in [6.45, 7) is 10.5. The lowest BCUT2D eigenvalue weighted by Crippen LogP contribution is -2.42. The highest BCUT2D eigenvalue weighted by Crippen LogP contribution is 2.40. The number of esters is 1. The van der Waals surface area contributed by atoms with Gasteiger partial charge in [-0.05, 0) is 88.1 Å². The minimum absolute atomic E-state index is 0.0593. The van der Waals surface area contributed by atoms with Crippen LogP contribution in [-0.4, -0.2) is 37.7 Å². The van der Waals surface area contributed by atoms with Crippen molar-refractivity contribution in [2.24, 2.45) is 17.8 Å². The van der Waals surface area contributed by atoms with Crippen LogP contribution in [0.5, 0.6) is 5.75 Å². The second kappa shape index (κ2) is 21.5. The lowest BCUT2D eigenvalue weighted by atomic mass is 9.78. The Kier molecular flexibility index (Phi) is 16.8. The third kappa shape index (κ3) is 12.4. The molecule has 2 aromatic carbocycles. The topological polar surface area (TPSA) is 63.2 Å². The van der Waals surface area contributed by atoms with Crippen LogP contribution in [0, 0.1) is 17.8 Å². The highest BCUT2D eigenvalue weighted by molar-refractivity contribution is 5.91. The molecule has 1 saturated carbocycles. The SMILES string of the molecule is CCCCCCCC[C@@H]1CO[C@@H](c2ccc(C(=O)Oc3ccc(C4CCC([C@@H]5OC[C@@H](CCCCCCCC)C(C)O5)CC4)cc3)cc2)OC1C. The van der Waals surface area contributed by atoms with Gasteiger partial charge in [-0.25, -0.2) is 4.79 Å². The maximum Gasteiger partial charge on any atom is 0.343 e. The summed E-state index contributed by atoms with van der Waals surface area (Å²) < 4.78 is 30.9. The third-order valence-electron chi connectivity index (χ3n) is 11.9. The molecule has 0 bridgehead atoms. The zero-order valence-electron chi connectivity index (χ0n) is 32.3. The van der Waals surface area contributed by atoms with Crippen molar-refractivity contribution in [2.45, 2.75) is 174 Å². The Bertz CT molecular complexity index is 1250. The number of benzene rings is 2. The van der Waals surface area contributed by atoms with Crippen molar-refractivity contribution in [3.05, 3.63) is 65.2 Å². The summed E-state index contributed by atoms with van der Waals surface area (Å²) in [4.78, 5) is 13.0. The van der Waals surface area contributed by atoms with Gasteiger partial charge in [0.2, 0.25) is 0 Å². The third-order valence-corrected chi connectivity index (χ3v) is 11.9. The van der Waals surface area contributed by atoms with Crippen molar-refractivity contribution in [3.63, 3.8) is 0 Å². The maximum atomic E-state index is 13.0. The van der Waals surface area contributed by atoms with E-state index in [9.17, 15) is 4.79 Å². The molecular weight excluding hydrogens is 636 g/mol. The molecule has 3 fully saturated rings. The molecule has 3 aliphatic rings. The molecule has 2 aromatic rings. The first kappa shape index (κ1) is 39.9. The fraction of sp³-hybridized carbons (Fsp3) is 0.711. The van der Waals surface area contributed by atoms with Crippen LogP contribution in [0.4, 0.5) is 0 Å². The van der Waals surface area contributed by atoms with Gasteiger partial charge >= 0.3 is 5.97 Å².